The number of para-hydroxylation sites is 3. The van der Waals surface area contributed by atoms with E-state index in [0.717, 1.165) is 34.0 Å². The molecule has 2 atom stereocenters. The molecule has 2 aliphatic heterocycles. The van der Waals surface area contributed by atoms with Crippen LogP contribution in [0, 0.1) is 0 Å². The van der Waals surface area contributed by atoms with Crippen LogP contribution in [0.3, 0.4) is 0 Å². The molecule has 2 heterocycles. The molecule has 10 rings (SSSR count). The molecule has 4 heteroatoms. The third-order valence-electron chi connectivity index (χ3n) is 10.5. The predicted octanol–water partition coefficient (Wildman–Crippen LogP) is 12.0. The van der Waals surface area contributed by atoms with Gasteiger partial charge in [-0.25, -0.2) is 4.99 Å². The zero-order valence-corrected chi connectivity index (χ0v) is 29.0. The fraction of sp³-hybridized carbons (Fsp3) is 0.0408. The number of fused-ring (bicyclic) bond motifs is 4. The number of nitrogens with one attached hydrogen (secondary N) is 2. The Balaban J connectivity index is 1.16. The monoisotopic (exact) mass is 680 g/mol. The van der Waals surface area contributed by atoms with Crippen LogP contribution >= 0.6 is 0 Å². The number of benzene rings is 8. The first kappa shape index (κ1) is 31.0. The molecule has 0 saturated carbocycles. The molecule has 4 nitrogen and oxygen atoms in total. The van der Waals surface area contributed by atoms with Crippen molar-refractivity contribution in [3.05, 3.63) is 211 Å². The topological polar surface area (TPSA) is 39.7 Å². The summed E-state index contributed by atoms with van der Waals surface area (Å²) < 4.78 is 0. The first-order chi connectivity index (χ1) is 26.3. The van der Waals surface area contributed by atoms with Crippen LogP contribution in [-0.4, -0.2) is 5.84 Å². The fourth-order valence-electron chi connectivity index (χ4n) is 8.06. The van der Waals surface area contributed by atoms with Gasteiger partial charge in [0.1, 0.15) is 18.2 Å². The number of aliphatic imine (C=N–C) groups is 1. The Morgan fingerprint density at radius 3 is 1.74 bits per heavy atom. The summed E-state index contributed by atoms with van der Waals surface area (Å²) in [5.74, 6) is 0.869. The average molecular weight is 681 g/mol. The van der Waals surface area contributed by atoms with Crippen LogP contribution in [0.4, 0.5) is 17.1 Å². The molecule has 53 heavy (non-hydrogen) atoms. The maximum atomic E-state index is 5.29. The molecule has 252 valence electrons. The lowest BCUT2D eigenvalue weighted by Crippen LogP contribution is -2.45. The van der Waals surface area contributed by atoms with E-state index in [1.807, 2.05) is 0 Å². The minimum Gasteiger partial charge on any atom is -0.350 e. The normalized spacial score (nSPS) is 16.1. The summed E-state index contributed by atoms with van der Waals surface area (Å²) >= 11 is 0. The number of anilines is 3. The highest BCUT2D eigenvalue weighted by Crippen LogP contribution is 2.51. The molecule has 0 spiro atoms. The number of rotatable bonds is 5. The Kier molecular flexibility index (Phi) is 7.67. The van der Waals surface area contributed by atoms with E-state index >= 15 is 0 Å². The lowest BCUT2D eigenvalue weighted by atomic mass is 9.85. The minimum atomic E-state index is -0.266. The summed E-state index contributed by atoms with van der Waals surface area (Å²) in [5.41, 5.74) is 14.0. The first-order valence-electron chi connectivity index (χ1n) is 18.2. The van der Waals surface area contributed by atoms with Crippen molar-refractivity contribution < 1.29 is 0 Å². The maximum absolute atomic E-state index is 5.29. The highest BCUT2D eigenvalue weighted by atomic mass is 15.3. The Labute approximate surface area is 309 Å². The zero-order chi connectivity index (χ0) is 35.1. The second-order valence-electron chi connectivity index (χ2n) is 13.6. The molecule has 0 amide bonds. The second kappa shape index (κ2) is 13.1. The van der Waals surface area contributed by atoms with Crippen LogP contribution in [0.2, 0.25) is 0 Å². The van der Waals surface area contributed by atoms with Gasteiger partial charge in [0.2, 0.25) is 0 Å². The molecular weight excluding hydrogens is 645 g/mol. The molecule has 0 bridgehead atoms. The molecule has 0 fully saturated rings. The van der Waals surface area contributed by atoms with Crippen LogP contribution in [0.1, 0.15) is 29.0 Å². The Morgan fingerprint density at radius 2 is 1.02 bits per heavy atom. The number of hydrogen-bond donors (Lipinski definition) is 2. The largest absolute Gasteiger partial charge is 0.350 e. The van der Waals surface area contributed by atoms with Gasteiger partial charge in [-0.2, -0.15) is 0 Å². The van der Waals surface area contributed by atoms with Gasteiger partial charge >= 0.3 is 0 Å². The third-order valence-corrected chi connectivity index (χ3v) is 10.5. The Hall–Kier alpha value is -6.75. The molecular formula is C49H36N4. The molecule has 2 aliphatic rings. The summed E-state index contributed by atoms with van der Waals surface area (Å²) in [6.07, 6.45) is -0.480. The van der Waals surface area contributed by atoms with Crippen molar-refractivity contribution in [2.75, 3.05) is 4.90 Å². The average Bonchev–Trinajstić information content (AvgIpc) is 3.24. The van der Waals surface area contributed by atoms with E-state index in [2.05, 4.69) is 210 Å². The Bertz CT molecular complexity index is 2580. The van der Waals surface area contributed by atoms with Gasteiger partial charge in [0.15, 0.2) is 0 Å². The molecule has 2 unspecified atom stereocenters. The minimum absolute atomic E-state index is 0.214. The molecule has 8 aromatic carbocycles. The van der Waals surface area contributed by atoms with Crippen LogP contribution in [0.25, 0.3) is 44.2 Å². The van der Waals surface area contributed by atoms with Gasteiger partial charge in [0.05, 0.1) is 11.4 Å². The molecule has 8 aromatic rings. The lowest BCUT2D eigenvalue weighted by Gasteiger charge is -2.34. The van der Waals surface area contributed by atoms with Crippen LogP contribution in [-0.2, 0) is 0 Å². The van der Waals surface area contributed by atoms with Crippen LogP contribution < -0.4 is 15.5 Å². The van der Waals surface area contributed by atoms with E-state index in [0.29, 0.717) is 0 Å². The number of nitrogens with zero attached hydrogens (tertiary/aromatic N) is 2. The number of hydrogen-bond acceptors (Lipinski definition) is 4. The Morgan fingerprint density at radius 1 is 0.453 bits per heavy atom. The molecule has 0 radical (unpaired) electrons. The van der Waals surface area contributed by atoms with Gasteiger partial charge in [0.25, 0.3) is 0 Å². The van der Waals surface area contributed by atoms with Gasteiger partial charge in [-0.05, 0) is 74.5 Å². The zero-order valence-electron chi connectivity index (χ0n) is 29.0. The van der Waals surface area contributed by atoms with E-state index in [1.165, 1.54) is 49.7 Å². The van der Waals surface area contributed by atoms with Crippen LogP contribution in [0.15, 0.2) is 199 Å². The molecule has 0 saturated heterocycles. The van der Waals surface area contributed by atoms with Gasteiger partial charge < -0.3 is 10.2 Å². The maximum Gasteiger partial charge on any atom is 0.131 e. The van der Waals surface area contributed by atoms with E-state index < -0.39 is 0 Å². The molecule has 0 aromatic heterocycles. The van der Waals surface area contributed by atoms with Gasteiger partial charge in [0, 0.05) is 22.4 Å². The van der Waals surface area contributed by atoms with E-state index in [-0.39, 0.29) is 12.3 Å². The SMILES string of the molecule is c1ccc(C2=NC(c3cccc(-c4ccccc4)c3)NC(c3ccc4c5c(cccc35)-c3ccccc3N(c3ccccc3)c3ccccc3-4)N2)cc1. The predicted molar refractivity (Wildman–Crippen MR) is 220 cm³/mol. The van der Waals surface area contributed by atoms with Crippen molar-refractivity contribution in [3.8, 4) is 33.4 Å². The van der Waals surface area contributed by atoms with Gasteiger partial charge in [-0.1, -0.05) is 164 Å². The van der Waals surface area contributed by atoms with Crippen molar-refractivity contribution in [3.63, 3.8) is 0 Å². The fourth-order valence-corrected chi connectivity index (χ4v) is 8.06. The van der Waals surface area contributed by atoms with Crippen molar-refractivity contribution in [2.45, 2.75) is 12.3 Å². The van der Waals surface area contributed by atoms with E-state index in [9.17, 15) is 0 Å². The van der Waals surface area contributed by atoms with Gasteiger partial charge in [-0.15, -0.1) is 0 Å². The smallest absolute Gasteiger partial charge is 0.131 e. The highest BCUT2D eigenvalue weighted by Gasteiger charge is 2.30. The van der Waals surface area contributed by atoms with Gasteiger partial charge in [-0.3, -0.25) is 5.32 Å². The first-order valence-corrected chi connectivity index (χ1v) is 18.2. The quantitative estimate of drug-likeness (QED) is 0.190. The number of amidine groups is 1. The summed E-state index contributed by atoms with van der Waals surface area (Å²) in [6.45, 7) is 0. The second-order valence-corrected chi connectivity index (χ2v) is 13.6. The van der Waals surface area contributed by atoms with E-state index in [1.54, 1.807) is 0 Å². The van der Waals surface area contributed by atoms with Crippen molar-refractivity contribution >= 4 is 33.7 Å². The van der Waals surface area contributed by atoms with Crippen molar-refractivity contribution in [1.82, 2.24) is 10.6 Å². The molecule has 0 aliphatic carbocycles. The van der Waals surface area contributed by atoms with Crippen molar-refractivity contribution in [1.29, 1.82) is 0 Å². The summed E-state index contributed by atoms with van der Waals surface area (Å²) in [6, 6.07) is 69.4. The lowest BCUT2D eigenvalue weighted by molar-refractivity contribution is 0.411. The highest BCUT2D eigenvalue weighted by molar-refractivity contribution is 6.13. The van der Waals surface area contributed by atoms with Crippen molar-refractivity contribution in [2.24, 2.45) is 4.99 Å². The standard InChI is InChI=1S/C49H36N4/c1-4-16-33(17-5-1)35-20-14-21-36(32-35)48-50-47(34-18-6-2-7-19-34)51-49(52-48)43-31-30-42-39-25-11-13-29-45(39)53(37-22-8-3-9-23-37)44-28-12-10-24-38(44)40-26-15-27-41(43)46(40)42/h1-32,48-49,52H,(H,50,51). The van der Waals surface area contributed by atoms with E-state index in [4.69, 9.17) is 4.99 Å². The molecule has 2 N–H and O–H groups in total. The summed E-state index contributed by atoms with van der Waals surface area (Å²) in [7, 11) is 0. The summed E-state index contributed by atoms with van der Waals surface area (Å²) in [5, 5.41) is 10.2. The summed E-state index contributed by atoms with van der Waals surface area (Å²) in [4.78, 5) is 7.69. The van der Waals surface area contributed by atoms with Crippen LogP contribution in [0.5, 0.6) is 0 Å². The third kappa shape index (κ3) is 5.48.